The molecule has 1 aromatic carbocycles. The van der Waals surface area contributed by atoms with Crippen LogP contribution in [0.2, 0.25) is 0 Å². The van der Waals surface area contributed by atoms with Crippen LogP contribution in [0.15, 0.2) is 29.2 Å². The fraction of sp³-hybridized carbons (Fsp3) is 0.455. The van der Waals surface area contributed by atoms with E-state index in [0.29, 0.717) is 12.1 Å². The summed E-state index contributed by atoms with van der Waals surface area (Å²) in [4.78, 5) is 0.261. The van der Waals surface area contributed by atoms with Crippen LogP contribution in [0, 0.1) is 0 Å². The van der Waals surface area contributed by atoms with Crippen LogP contribution in [0.25, 0.3) is 0 Å². The van der Waals surface area contributed by atoms with Gasteiger partial charge < -0.3 is 5.73 Å². The van der Waals surface area contributed by atoms with Crippen molar-refractivity contribution in [1.82, 2.24) is 0 Å². The summed E-state index contributed by atoms with van der Waals surface area (Å²) in [6.07, 6.45) is 0.676. The van der Waals surface area contributed by atoms with Crippen molar-refractivity contribution in [2.45, 2.75) is 18.2 Å². The molecule has 0 bridgehead atoms. The van der Waals surface area contributed by atoms with Crippen molar-refractivity contribution in [1.29, 1.82) is 0 Å². The normalized spacial score (nSPS) is 11.6. The minimum absolute atomic E-state index is 0.175. The highest BCUT2D eigenvalue weighted by Gasteiger charge is 2.16. The molecule has 0 fully saturated rings. The number of thioether (sulfide) groups is 1. The largest absolute Gasteiger partial charge is 0.398 e. The van der Waals surface area contributed by atoms with Gasteiger partial charge in [0.15, 0.2) is 9.84 Å². The molecule has 16 heavy (non-hydrogen) atoms. The van der Waals surface area contributed by atoms with Crippen LogP contribution in [0.5, 0.6) is 0 Å². The molecule has 0 radical (unpaired) electrons. The van der Waals surface area contributed by atoms with Gasteiger partial charge in [-0.25, -0.2) is 8.42 Å². The number of para-hydroxylation sites is 1. The molecule has 3 nitrogen and oxygen atoms in total. The second-order valence-electron chi connectivity index (χ2n) is 3.41. The van der Waals surface area contributed by atoms with E-state index in [1.54, 1.807) is 36.0 Å². The zero-order valence-corrected chi connectivity index (χ0v) is 11.0. The Kier molecular flexibility index (Phi) is 5.15. The minimum atomic E-state index is -3.21. The van der Waals surface area contributed by atoms with E-state index >= 15 is 0 Å². The Balaban J connectivity index is 2.68. The Bertz CT molecular complexity index is 429. The lowest BCUT2D eigenvalue weighted by Gasteiger charge is -2.06. The minimum Gasteiger partial charge on any atom is -0.398 e. The first-order valence-corrected chi connectivity index (χ1v) is 8.03. The molecule has 90 valence electrons. The fourth-order valence-electron chi connectivity index (χ4n) is 1.37. The molecule has 0 aliphatic heterocycles. The predicted octanol–water partition coefficient (Wildman–Crippen LogP) is 2.19. The summed E-state index contributed by atoms with van der Waals surface area (Å²) in [5, 5.41) is 0. The summed E-state index contributed by atoms with van der Waals surface area (Å²) < 4.78 is 23.9. The zero-order valence-electron chi connectivity index (χ0n) is 9.35. The molecule has 0 saturated carbocycles. The first-order valence-electron chi connectivity index (χ1n) is 5.23. The smallest absolute Gasteiger partial charge is 0.180 e. The van der Waals surface area contributed by atoms with Crippen LogP contribution < -0.4 is 5.73 Å². The highest BCUT2D eigenvalue weighted by atomic mass is 32.2. The Hall–Kier alpha value is -0.680. The number of nitrogens with two attached hydrogens (primary N) is 1. The molecule has 0 aliphatic rings. The highest BCUT2D eigenvalue weighted by molar-refractivity contribution is 7.99. The predicted molar refractivity (Wildman–Crippen MR) is 70.5 cm³/mol. The van der Waals surface area contributed by atoms with Crippen molar-refractivity contribution in [3.8, 4) is 0 Å². The second-order valence-corrected chi connectivity index (χ2v) is 6.88. The molecule has 0 unspecified atom stereocenters. The van der Waals surface area contributed by atoms with E-state index in [0.717, 1.165) is 11.5 Å². The third kappa shape index (κ3) is 3.72. The van der Waals surface area contributed by atoms with Crippen LogP contribution in [0.3, 0.4) is 0 Å². The molecule has 5 heteroatoms. The SMILES string of the molecule is CCSCCCS(=O)(=O)c1ccccc1N. The maximum atomic E-state index is 11.9. The van der Waals surface area contributed by atoms with Gasteiger partial charge >= 0.3 is 0 Å². The molecule has 1 rings (SSSR count). The molecule has 0 saturated heterocycles. The molecule has 0 spiro atoms. The van der Waals surface area contributed by atoms with E-state index in [2.05, 4.69) is 6.92 Å². The average Bonchev–Trinajstić information content (AvgIpc) is 2.25. The van der Waals surface area contributed by atoms with E-state index in [-0.39, 0.29) is 10.6 Å². The summed E-state index contributed by atoms with van der Waals surface area (Å²) in [6, 6.07) is 6.62. The maximum absolute atomic E-state index is 11.9. The van der Waals surface area contributed by atoms with Gasteiger partial charge in [0.2, 0.25) is 0 Å². The van der Waals surface area contributed by atoms with Crippen molar-refractivity contribution < 1.29 is 8.42 Å². The zero-order chi connectivity index (χ0) is 12.0. The number of sulfone groups is 1. The molecular weight excluding hydrogens is 242 g/mol. The first-order chi connectivity index (χ1) is 7.58. The van der Waals surface area contributed by atoms with E-state index in [9.17, 15) is 8.42 Å². The number of nitrogen functional groups attached to an aromatic ring is 1. The number of anilines is 1. The van der Waals surface area contributed by atoms with Crippen molar-refractivity contribution in [3.63, 3.8) is 0 Å². The molecule has 0 aromatic heterocycles. The fourth-order valence-corrected chi connectivity index (χ4v) is 3.65. The van der Waals surface area contributed by atoms with E-state index < -0.39 is 9.84 Å². The maximum Gasteiger partial charge on any atom is 0.180 e. The Morgan fingerprint density at radius 3 is 2.62 bits per heavy atom. The van der Waals surface area contributed by atoms with E-state index in [1.165, 1.54) is 0 Å². The number of hydrogen-bond donors (Lipinski definition) is 1. The quantitative estimate of drug-likeness (QED) is 0.628. The molecule has 0 heterocycles. The van der Waals surface area contributed by atoms with Gasteiger partial charge in [0, 0.05) is 0 Å². The van der Waals surface area contributed by atoms with Crippen LogP contribution in [-0.4, -0.2) is 25.7 Å². The molecule has 1 aromatic rings. The molecule has 0 atom stereocenters. The summed E-state index contributed by atoms with van der Waals surface area (Å²) >= 11 is 1.75. The van der Waals surface area contributed by atoms with Gasteiger partial charge in [-0.2, -0.15) is 11.8 Å². The molecule has 2 N–H and O–H groups in total. The standard InChI is InChI=1S/C11H17NO2S2/c1-2-15-8-5-9-16(13,14)11-7-4-3-6-10(11)12/h3-4,6-7H,2,5,8-9,12H2,1H3. The van der Waals surface area contributed by atoms with Gasteiger partial charge in [-0.3, -0.25) is 0 Å². The van der Waals surface area contributed by atoms with Gasteiger partial charge in [-0.15, -0.1) is 0 Å². The third-order valence-corrected chi connectivity index (χ3v) is 5.01. The van der Waals surface area contributed by atoms with Crippen LogP contribution in [0.4, 0.5) is 5.69 Å². The monoisotopic (exact) mass is 259 g/mol. The van der Waals surface area contributed by atoms with Gasteiger partial charge in [-0.1, -0.05) is 19.1 Å². The van der Waals surface area contributed by atoms with Gasteiger partial charge in [0.25, 0.3) is 0 Å². The van der Waals surface area contributed by atoms with Gasteiger partial charge in [-0.05, 0) is 30.1 Å². The highest BCUT2D eigenvalue weighted by Crippen LogP contribution is 2.19. The Labute approximate surface area is 101 Å². The summed E-state index contributed by atoms with van der Waals surface area (Å²) in [5.74, 6) is 2.07. The Morgan fingerprint density at radius 2 is 2.00 bits per heavy atom. The number of hydrogen-bond acceptors (Lipinski definition) is 4. The molecular formula is C11H17NO2S2. The lowest BCUT2D eigenvalue weighted by molar-refractivity contribution is 0.595. The van der Waals surface area contributed by atoms with Crippen molar-refractivity contribution in [2.75, 3.05) is 23.0 Å². The average molecular weight is 259 g/mol. The van der Waals surface area contributed by atoms with Crippen molar-refractivity contribution >= 4 is 27.3 Å². The van der Waals surface area contributed by atoms with E-state index in [4.69, 9.17) is 5.73 Å². The summed E-state index contributed by atoms with van der Waals surface area (Å²) in [7, 11) is -3.21. The first kappa shape index (κ1) is 13.4. The number of rotatable bonds is 6. The van der Waals surface area contributed by atoms with Crippen LogP contribution in [0.1, 0.15) is 13.3 Å². The van der Waals surface area contributed by atoms with Crippen molar-refractivity contribution in [3.05, 3.63) is 24.3 Å². The van der Waals surface area contributed by atoms with E-state index in [1.807, 2.05) is 0 Å². The van der Waals surface area contributed by atoms with Gasteiger partial charge in [0.05, 0.1) is 16.3 Å². The molecule has 0 amide bonds. The molecule has 0 aliphatic carbocycles. The lowest BCUT2D eigenvalue weighted by atomic mass is 10.3. The van der Waals surface area contributed by atoms with Crippen LogP contribution >= 0.6 is 11.8 Å². The topological polar surface area (TPSA) is 60.2 Å². The van der Waals surface area contributed by atoms with Crippen molar-refractivity contribution in [2.24, 2.45) is 0 Å². The van der Waals surface area contributed by atoms with Crippen LogP contribution in [-0.2, 0) is 9.84 Å². The third-order valence-electron chi connectivity index (χ3n) is 2.16. The van der Waals surface area contributed by atoms with Gasteiger partial charge in [0.1, 0.15) is 0 Å². The summed E-state index contributed by atoms with van der Waals surface area (Å²) in [5.41, 5.74) is 5.99. The Morgan fingerprint density at radius 1 is 1.31 bits per heavy atom. The second kappa shape index (κ2) is 6.15. The lowest BCUT2D eigenvalue weighted by Crippen LogP contribution is -2.10. The number of benzene rings is 1. The summed E-state index contributed by atoms with van der Waals surface area (Å²) in [6.45, 7) is 2.06.